The molecular formula is C14H12ClNO. The van der Waals surface area contributed by atoms with Crippen LogP contribution in [0.25, 0.3) is 5.57 Å². The molecular weight excluding hydrogens is 234 g/mol. The second-order valence-corrected chi connectivity index (χ2v) is 4.85. The van der Waals surface area contributed by atoms with E-state index in [0.29, 0.717) is 6.42 Å². The first kappa shape index (κ1) is 10.6. The summed E-state index contributed by atoms with van der Waals surface area (Å²) >= 11 is 5.96. The summed E-state index contributed by atoms with van der Waals surface area (Å²) in [5.41, 5.74) is 4.52. The first-order valence-electron chi connectivity index (χ1n) is 5.71. The van der Waals surface area contributed by atoms with Crippen molar-refractivity contribution in [3.63, 3.8) is 0 Å². The summed E-state index contributed by atoms with van der Waals surface area (Å²) in [7, 11) is 0. The standard InChI is InChI=1S/C14H12ClNO/c15-10-6-4-9(5-7-10)11-2-1-3-13-12(11)8-14(17)16-13/h1-4,6H,5,7-8H2,(H,16,17). The van der Waals surface area contributed by atoms with Crippen molar-refractivity contribution < 1.29 is 4.79 Å². The molecule has 0 spiro atoms. The maximum absolute atomic E-state index is 11.4. The maximum atomic E-state index is 11.4. The van der Waals surface area contributed by atoms with Gasteiger partial charge < -0.3 is 5.32 Å². The number of hydrogen-bond acceptors (Lipinski definition) is 1. The molecule has 1 aromatic carbocycles. The number of carbonyl (C=O) groups is 1. The fraction of sp³-hybridized carbons (Fsp3) is 0.214. The Hall–Kier alpha value is -1.54. The van der Waals surface area contributed by atoms with Crippen LogP contribution in [0.3, 0.4) is 0 Å². The Kier molecular flexibility index (Phi) is 2.52. The van der Waals surface area contributed by atoms with Gasteiger partial charge in [-0.1, -0.05) is 29.8 Å². The zero-order valence-corrected chi connectivity index (χ0v) is 10.1. The molecule has 0 fully saturated rings. The molecule has 0 radical (unpaired) electrons. The average molecular weight is 246 g/mol. The molecule has 0 bridgehead atoms. The summed E-state index contributed by atoms with van der Waals surface area (Å²) in [6.07, 6.45) is 6.33. The lowest BCUT2D eigenvalue weighted by Crippen LogP contribution is -2.03. The Morgan fingerprint density at radius 2 is 2.06 bits per heavy atom. The van der Waals surface area contributed by atoms with E-state index < -0.39 is 0 Å². The number of rotatable bonds is 1. The smallest absolute Gasteiger partial charge is 0.228 e. The molecule has 3 heteroatoms. The van der Waals surface area contributed by atoms with Gasteiger partial charge in [0, 0.05) is 10.7 Å². The molecule has 1 heterocycles. The number of carbonyl (C=O) groups excluding carboxylic acids is 1. The molecule has 1 aromatic rings. The van der Waals surface area contributed by atoms with E-state index in [4.69, 9.17) is 11.6 Å². The number of amides is 1. The average Bonchev–Trinajstić information content (AvgIpc) is 2.70. The van der Waals surface area contributed by atoms with Gasteiger partial charge in [0.2, 0.25) is 5.91 Å². The van der Waals surface area contributed by atoms with Crippen molar-refractivity contribution in [2.75, 3.05) is 5.32 Å². The predicted molar refractivity (Wildman–Crippen MR) is 69.9 cm³/mol. The molecule has 3 rings (SSSR count). The molecule has 86 valence electrons. The zero-order chi connectivity index (χ0) is 11.8. The fourth-order valence-electron chi connectivity index (χ4n) is 2.39. The Balaban J connectivity index is 2.06. The van der Waals surface area contributed by atoms with Crippen LogP contribution >= 0.6 is 11.6 Å². The van der Waals surface area contributed by atoms with Crippen molar-refractivity contribution >= 4 is 28.8 Å². The molecule has 2 aliphatic rings. The van der Waals surface area contributed by atoms with Crippen LogP contribution in [0.4, 0.5) is 5.69 Å². The normalized spacial score (nSPS) is 18.3. The molecule has 0 atom stereocenters. The van der Waals surface area contributed by atoms with Gasteiger partial charge in [0.1, 0.15) is 0 Å². The summed E-state index contributed by atoms with van der Waals surface area (Å²) in [6.45, 7) is 0. The highest BCUT2D eigenvalue weighted by Crippen LogP contribution is 2.35. The lowest BCUT2D eigenvalue weighted by atomic mass is 9.92. The van der Waals surface area contributed by atoms with Crippen molar-refractivity contribution in [3.8, 4) is 0 Å². The van der Waals surface area contributed by atoms with E-state index in [0.717, 1.165) is 29.1 Å². The lowest BCUT2D eigenvalue weighted by molar-refractivity contribution is -0.115. The number of hydrogen-bond donors (Lipinski definition) is 1. The molecule has 2 nitrogen and oxygen atoms in total. The minimum absolute atomic E-state index is 0.0810. The highest BCUT2D eigenvalue weighted by molar-refractivity contribution is 6.29. The summed E-state index contributed by atoms with van der Waals surface area (Å²) in [5, 5.41) is 3.78. The molecule has 1 N–H and O–H groups in total. The molecule has 0 aromatic heterocycles. The van der Waals surface area contributed by atoms with E-state index in [1.54, 1.807) is 0 Å². The summed E-state index contributed by atoms with van der Waals surface area (Å²) < 4.78 is 0. The van der Waals surface area contributed by atoms with Crippen LogP contribution in [0.2, 0.25) is 0 Å². The quantitative estimate of drug-likeness (QED) is 0.806. The second-order valence-electron chi connectivity index (χ2n) is 4.36. The van der Waals surface area contributed by atoms with Gasteiger partial charge in [0.05, 0.1) is 6.42 Å². The second kappa shape index (κ2) is 4.04. The van der Waals surface area contributed by atoms with Gasteiger partial charge in [-0.3, -0.25) is 4.79 Å². The molecule has 0 saturated carbocycles. The van der Waals surface area contributed by atoms with Crippen LogP contribution in [0.15, 0.2) is 35.4 Å². The number of anilines is 1. The van der Waals surface area contributed by atoms with Gasteiger partial charge >= 0.3 is 0 Å². The van der Waals surface area contributed by atoms with Crippen molar-refractivity contribution in [1.82, 2.24) is 0 Å². The van der Waals surface area contributed by atoms with E-state index in [2.05, 4.69) is 17.5 Å². The van der Waals surface area contributed by atoms with Crippen LogP contribution in [-0.2, 0) is 11.2 Å². The Bertz CT molecular complexity index is 557. The minimum atomic E-state index is 0.0810. The summed E-state index contributed by atoms with van der Waals surface area (Å²) in [5.74, 6) is 0.0810. The van der Waals surface area contributed by atoms with Crippen LogP contribution < -0.4 is 5.32 Å². The van der Waals surface area contributed by atoms with Gasteiger partial charge in [0.15, 0.2) is 0 Å². The number of benzene rings is 1. The number of nitrogens with one attached hydrogen (secondary N) is 1. The zero-order valence-electron chi connectivity index (χ0n) is 9.29. The first-order chi connectivity index (χ1) is 8.24. The topological polar surface area (TPSA) is 29.1 Å². The summed E-state index contributed by atoms with van der Waals surface area (Å²) in [4.78, 5) is 11.4. The lowest BCUT2D eigenvalue weighted by Gasteiger charge is -2.14. The van der Waals surface area contributed by atoms with Crippen molar-refractivity contribution in [2.24, 2.45) is 0 Å². The van der Waals surface area contributed by atoms with E-state index in [-0.39, 0.29) is 5.91 Å². The fourth-order valence-corrected chi connectivity index (χ4v) is 2.54. The van der Waals surface area contributed by atoms with Gasteiger partial charge in [0.25, 0.3) is 0 Å². The van der Waals surface area contributed by atoms with E-state index >= 15 is 0 Å². The molecule has 0 unspecified atom stereocenters. The number of halogens is 1. The van der Waals surface area contributed by atoms with Gasteiger partial charge in [-0.25, -0.2) is 0 Å². The molecule has 1 aliphatic heterocycles. The Labute approximate surface area is 105 Å². The third-order valence-corrected chi connectivity index (χ3v) is 3.55. The van der Waals surface area contributed by atoms with Gasteiger partial charge in [-0.2, -0.15) is 0 Å². The minimum Gasteiger partial charge on any atom is -0.326 e. The third-order valence-electron chi connectivity index (χ3n) is 3.23. The SMILES string of the molecule is O=C1Cc2c(cccc2C2=CC=C(Cl)CC2)N1. The Morgan fingerprint density at radius 3 is 2.82 bits per heavy atom. The highest BCUT2D eigenvalue weighted by Gasteiger charge is 2.22. The molecule has 1 amide bonds. The highest BCUT2D eigenvalue weighted by atomic mass is 35.5. The van der Waals surface area contributed by atoms with Gasteiger partial charge in [-0.15, -0.1) is 0 Å². The van der Waals surface area contributed by atoms with Crippen molar-refractivity contribution in [2.45, 2.75) is 19.3 Å². The molecule has 0 saturated heterocycles. The third kappa shape index (κ3) is 1.89. The first-order valence-corrected chi connectivity index (χ1v) is 6.09. The van der Waals surface area contributed by atoms with Crippen LogP contribution in [0, 0.1) is 0 Å². The predicted octanol–water partition coefficient (Wildman–Crippen LogP) is 3.48. The van der Waals surface area contributed by atoms with Crippen LogP contribution in [0.5, 0.6) is 0 Å². The monoisotopic (exact) mass is 245 g/mol. The molecule has 17 heavy (non-hydrogen) atoms. The van der Waals surface area contributed by atoms with E-state index in [9.17, 15) is 4.79 Å². The Morgan fingerprint density at radius 1 is 1.18 bits per heavy atom. The van der Waals surface area contributed by atoms with Crippen molar-refractivity contribution in [3.05, 3.63) is 46.5 Å². The number of allylic oxidation sites excluding steroid dienone is 4. The van der Waals surface area contributed by atoms with E-state index in [1.165, 1.54) is 11.1 Å². The van der Waals surface area contributed by atoms with Crippen LogP contribution in [0.1, 0.15) is 24.0 Å². The maximum Gasteiger partial charge on any atom is 0.228 e. The number of fused-ring (bicyclic) bond motifs is 1. The summed E-state index contributed by atoms with van der Waals surface area (Å²) in [6, 6.07) is 6.02. The van der Waals surface area contributed by atoms with Crippen molar-refractivity contribution in [1.29, 1.82) is 0 Å². The van der Waals surface area contributed by atoms with Crippen LogP contribution in [-0.4, -0.2) is 5.91 Å². The van der Waals surface area contributed by atoms with Gasteiger partial charge in [-0.05, 0) is 41.7 Å². The molecule has 1 aliphatic carbocycles. The largest absolute Gasteiger partial charge is 0.326 e. The van der Waals surface area contributed by atoms with E-state index in [1.807, 2.05) is 18.2 Å².